The van der Waals surface area contributed by atoms with Gasteiger partial charge in [0.1, 0.15) is 0 Å². The van der Waals surface area contributed by atoms with Gasteiger partial charge >= 0.3 is 0 Å². The fourth-order valence-electron chi connectivity index (χ4n) is 2.67. The van der Waals surface area contributed by atoms with Crippen molar-refractivity contribution in [3.05, 3.63) is 34.9 Å². The molecule has 1 aromatic rings. The molecule has 1 atom stereocenters. The van der Waals surface area contributed by atoms with Gasteiger partial charge in [0.2, 0.25) is 12.1 Å². The second-order valence-corrected chi connectivity index (χ2v) is 5.77. The number of hydrazone groups is 1. The predicted molar refractivity (Wildman–Crippen MR) is 80.8 cm³/mol. The third-order valence-corrected chi connectivity index (χ3v) is 4.05. The average molecular weight is 329 g/mol. The summed E-state index contributed by atoms with van der Waals surface area (Å²) in [5.74, 6) is 0.809. The highest BCUT2D eigenvalue weighted by atomic mass is 35.5. The maximum atomic E-state index is 5.88. The van der Waals surface area contributed by atoms with Crippen molar-refractivity contribution < 1.29 is 17.1 Å². The molecule has 0 radical (unpaired) electrons. The molecule has 0 spiro atoms. The van der Waals surface area contributed by atoms with E-state index in [9.17, 15) is 0 Å². The molecular formula is C15H20Cl2N3O-. The van der Waals surface area contributed by atoms with E-state index >= 15 is 0 Å². The van der Waals surface area contributed by atoms with Crippen LogP contribution in [-0.2, 0) is 4.74 Å². The van der Waals surface area contributed by atoms with E-state index < -0.39 is 0 Å². The van der Waals surface area contributed by atoms with Crippen LogP contribution in [0.25, 0.3) is 0 Å². The minimum Gasteiger partial charge on any atom is -1.00 e. The Labute approximate surface area is 136 Å². The van der Waals surface area contributed by atoms with Crippen molar-refractivity contribution in [1.82, 2.24) is 10.3 Å². The molecular weight excluding hydrogens is 309 g/mol. The van der Waals surface area contributed by atoms with Crippen LogP contribution in [0.1, 0.15) is 37.5 Å². The number of hydrogen-bond donors (Lipinski definition) is 1. The van der Waals surface area contributed by atoms with Crippen LogP contribution >= 0.6 is 11.6 Å². The lowest BCUT2D eigenvalue weighted by Gasteiger charge is -2.14. The second kappa shape index (κ2) is 7.87. The maximum Gasteiger partial charge on any atom is 0.212 e. The number of nitrogens with one attached hydrogen (secondary N) is 1. The molecule has 0 aromatic heterocycles. The van der Waals surface area contributed by atoms with Crippen molar-refractivity contribution in [1.29, 1.82) is 0 Å². The van der Waals surface area contributed by atoms with Crippen LogP contribution in [0, 0.1) is 0 Å². The summed E-state index contributed by atoms with van der Waals surface area (Å²) < 4.78 is 5.83. The Morgan fingerprint density at radius 2 is 1.95 bits per heavy atom. The van der Waals surface area contributed by atoms with Crippen LogP contribution in [0.4, 0.5) is 0 Å². The first kappa shape index (κ1) is 16.4. The van der Waals surface area contributed by atoms with Crippen molar-refractivity contribution >= 4 is 17.5 Å². The van der Waals surface area contributed by atoms with Crippen molar-refractivity contribution in [3.63, 3.8) is 0 Å². The normalized spacial score (nSPS) is 21.4. The Morgan fingerprint density at radius 1 is 1.24 bits per heavy atom. The highest BCUT2D eigenvalue weighted by Crippen LogP contribution is 2.22. The lowest BCUT2D eigenvalue weighted by atomic mass is 10.2. The highest BCUT2D eigenvalue weighted by molar-refractivity contribution is 6.30. The molecule has 0 aliphatic carbocycles. The van der Waals surface area contributed by atoms with E-state index in [0.717, 1.165) is 35.9 Å². The molecule has 4 nitrogen and oxygen atoms in total. The summed E-state index contributed by atoms with van der Waals surface area (Å²) in [5.41, 5.74) is 4.08. The first-order valence-corrected chi connectivity index (χ1v) is 7.65. The van der Waals surface area contributed by atoms with Crippen LogP contribution in [0.2, 0.25) is 5.02 Å². The molecule has 2 aliphatic rings. The zero-order valence-electron chi connectivity index (χ0n) is 11.9. The largest absolute Gasteiger partial charge is 1.00 e. The molecule has 0 amide bonds. The molecule has 6 heteroatoms. The molecule has 1 unspecified atom stereocenters. The minimum atomic E-state index is -0.172. The third-order valence-electron chi connectivity index (χ3n) is 3.80. The number of hydrogen-bond acceptors (Lipinski definition) is 4. The molecule has 21 heavy (non-hydrogen) atoms. The van der Waals surface area contributed by atoms with E-state index in [1.165, 1.54) is 25.9 Å². The lowest BCUT2D eigenvalue weighted by molar-refractivity contribution is -0.00000518. The summed E-state index contributed by atoms with van der Waals surface area (Å²) in [6.45, 7) is 3.64. The predicted octanol–water partition coefficient (Wildman–Crippen LogP) is 0.152. The first-order valence-electron chi connectivity index (χ1n) is 7.28. The monoisotopic (exact) mass is 328 g/mol. The summed E-state index contributed by atoms with van der Waals surface area (Å²) in [7, 11) is 0. The summed E-state index contributed by atoms with van der Waals surface area (Å²) >= 11 is 5.88. The van der Waals surface area contributed by atoms with Crippen LogP contribution in [0.5, 0.6) is 0 Å². The molecule has 116 valence electrons. The molecule has 1 aromatic carbocycles. The second-order valence-electron chi connectivity index (χ2n) is 5.34. The Hall–Kier alpha value is -0.970. The molecule has 3 rings (SSSR count). The Kier molecular flexibility index (Phi) is 6.15. The van der Waals surface area contributed by atoms with Crippen molar-refractivity contribution in [2.75, 3.05) is 19.6 Å². The van der Waals surface area contributed by atoms with Gasteiger partial charge in [0.15, 0.2) is 0 Å². The molecule has 1 fully saturated rings. The van der Waals surface area contributed by atoms with Gasteiger partial charge in [-0.2, -0.15) is 0 Å². The van der Waals surface area contributed by atoms with Crippen molar-refractivity contribution in [2.24, 2.45) is 5.10 Å². The Balaban J connectivity index is 0.00000161. The van der Waals surface area contributed by atoms with Gasteiger partial charge in [-0.3, -0.25) is 5.43 Å². The number of benzene rings is 1. The van der Waals surface area contributed by atoms with Gasteiger partial charge in [-0.15, -0.1) is 5.10 Å². The van der Waals surface area contributed by atoms with E-state index in [-0.39, 0.29) is 18.6 Å². The number of rotatable bonds is 5. The Morgan fingerprint density at radius 3 is 2.67 bits per heavy atom. The number of halogens is 2. The third kappa shape index (κ3) is 4.50. The summed E-state index contributed by atoms with van der Waals surface area (Å²) in [5, 5.41) is 5.01. The van der Waals surface area contributed by atoms with Gasteiger partial charge < -0.3 is 22.0 Å². The summed E-state index contributed by atoms with van der Waals surface area (Å²) in [6, 6.07) is 7.66. The van der Waals surface area contributed by atoms with Gasteiger partial charge in [0.25, 0.3) is 0 Å². The van der Waals surface area contributed by atoms with Gasteiger partial charge in [0.05, 0.1) is 0 Å². The fourth-order valence-corrected chi connectivity index (χ4v) is 2.80. The van der Waals surface area contributed by atoms with E-state index in [1.54, 1.807) is 0 Å². The van der Waals surface area contributed by atoms with E-state index in [4.69, 9.17) is 16.3 Å². The molecule has 0 saturated carbocycles. The van der Waals surface area contributed by atoms with Crippen molar-refractivity contribution in [3.8, 4) is 0 Å². The van der Waals surface area contributed by atoms with Gasteiger partial charge in [-0.25, -0.2) is 0 Å². The maximum absolute atomic E-state index is 5.88. The zero-order valence-corrected chi connectivity index (χ0v) is 13.4. The van der Waals surface area contributed by atoms with Crippen LogP contribution in [0.15, 0.2) is 29.4 Å². The first-order chi connectivity index (χ1) is 9.81. The highest BCUT2D eigenvalue weighted by Gasteiger charge is 2.21. The zero-order chi connectivity index (χ0) is 13.8. The summed E-state index contributed by atoms with van der Waals surface area (Å²) in [6.07, 6.45) is 4.52. The van der Waals surface area contributed by atoms with Crippen LogP contribution < -0.4 is 17.8 Å². The molecule has 1 saturated heterocycles. The standard InChI is InChI=1S/C15H20ClN3O.ClH/c16-13-7-5-12(6-8-13)15-18-17-14(20-15)4-3-11-19-9-1-2-10-19;/h5-8,15,18H,1-4,9-11H2;1H/p-1. The van der Waals surface area contributed by atoms with E-state index in [1.807, 2.05) is 24.3 Å². The van der Waals surface area contributed by atoms with Crippen LogP contribution in [0.3, 0.4) is 0 Å². The van der Waals surface area contributed by atoms with Gasteiger partial charge in [-0.05, 0) is 51.0 Å². The van der Waals surface area contributed by atoms with Gasteiger partial charge in [0, 0.05) is 17.0 Å². The smallest absolute Gasteiger partial charge is 0.212 e. The SMILES string of the molecule is Clc1ccc(C2NN=C(CCCN3CCCC3)O2)cc1.[Cl-]. The van der Waals surface area contributed by atoms with Crippen molar-refractivity contribution in [2.45, 2.75) is 31.9 Å². The average Bonchev–Trinajstić information content (AvgIpc) is 3.11. The molecule has 0 bridgehead atoms. The Bertz CT molecular complexity index is 472. The van der Waals surface area contributed by atoms with Crippen LogP contribution in [-0.4, -0.2) is 30.4 Å². The fraction of sp³-hybridized carbons (Fsp3) is 0.533. The minimum absolute atomic E-state index is 0. The van der Waals surface area contributed by atoms with E-state index in [2.05, 4.69) is 15.4 Å². The lowest BCUT2D eigenvalue weighted by Crippen LogP contribution is -3.00. The summed E-state index contributed by atoms with van der Waals surface area (Å²) in [4.78, 5) is 2.51. The molecule has 2 aliphatic heterocycles. The number of ether oxygens (including phenoxy) is 1. The quantitative estimate of drug-likeness (QED) is 0.836. The molecule has 2 heterocycles. The van der Waals surface area contributed by atoms with E-state index in [0.29, 0.717) is 0 Å². The topological polar surface area (TPSA) is 36.9 Å². The number of likely N-dealkylation sites (tertiary alicyclic amines) is 1. The van der Waals surface area contributed by atoms with Gasteiger partial charge in [-0.1, -0.05) is 23.7 Å². The number of nitrogens with zero attached hydrogens (tertiary/aromatic N) is 2. The molecule has 1 N–H and O–H groups in total.